The van der Waals surface area contributed by atoms with Crippen LogP contribution in [0.1, 0.15) is 27.2 Å². The molecule has 0 atom stereocenters. The van der Waals surface area contributed by atoms with Crippen molar-refractivity contribution in [1.29, 1.82) is 0 Å². The number of nitrogens with zero attached hydrogens (tertiary/aromatic N) is 1. The average Bonchev–Trinajstić information content (AvgIpc) is 2.26. The van der Waals surface area contributed by atoms with E-state index >= 15 is 0 Å². The predicted molar refractivity (Wildman–Crippen MR) is 62.9 cm³/mol. The van der Waals surface area contributed by atoms with Gasteiger partial charge in [-0.15, -0.1) is 0 Å². The Kier molecular flexibility index (Phi) is 3.86. The summed E-state index contributed by atoms with van der Waals surface area (Å²) in [7, 11) is 0. The number of rotatable bonds is 2. The van der Waals surface area contributed by atoms with Crippen molar-refractivity contribution in [3.05, 3.63) is 47.5 Å². The highest BCUT2D eigenvalue weighted by molar-refractivity contribution is 5.38. The van der Waals surface area contributed by atoms with Crippen molar-refractivity contribution in [2.45, 2.75) is 33.4 Å². The molecule has 1 nitrogen and oxygen atoms in total. The first-order chi connectivity index (χ1) is 7.77. The Hall–Kier alpha value is -1.45. The van der Waals surface area contributed by atoms with Crippen LogP contribution in [0.4, 0.5) is 13.2 Å². The van der Waals surface area contributed by atoms with Gasteiger partial charge in [-0.3, -0.25) is 0 Å². The SMILES string of the molecule is C=C1C=CC(C(F)(F)F)=CN1/C(C)=C(\C)CC. The minimum atomic E-state index is -4.32. The Morgan fingerprint density at radius 1 is 1.29 bits per heavy atom. The molecule has 0 N–H and O–H groups in total. The lowest BCUT2D eigenvalue weighted by Gasteiger charge is -2.28. The van der Waals surface area contributed by atoms with Crippen LogP contribution in [0, 0.1) is 0 Å². The molecule has 1 rings (SSSR count). The molecular weight excluding hydrogens is 227 g/mol. The van der Waals surface area contributed by atoms with Crippen LogP contribution in [0.3, 0.4) is 0 Å². The van der Waals surface area contributed by atoms with Gasteiger partial charge in [0, 0.05) is 17.6 Å². The number of hydrogen-bond acceptors (Lipinski definition) is 1. The standard InChI is InChI=1S/C13H16F3N/c1-5-9(2)11(4)17-8-12(13(14,15)16)7-6-10(17)3/h6-8H,3,5H2,1-2,4H3/b11-9+. The summed E-state index contributed by atoms with van der Waals surface area (Å²) in [6, 6.07) is 0. The second-order valence-corrected chi connectivity index (χ2v) is 4.00. The van der Waals surface area contributed by atoms with E-state index in [1.54, 1.807) is 6.92 Å². The second-order valence-electron chi connectivity index (χ2n) is 4.00. The Bertz CT molecular complexity index is 411. The summed E-state index contributed by atoms with van der Waals surface area (Å²) in [5.74, 6) is 0. The number of hydrogen-bond donors (Lipinski definition) is 0. The molecule has 0 aromatic carbocycles. The molecule has 94 valence electrons. The molecule has 0 saturated carbocycles. The lowest BCUT2D eigenvalue weighted by Crippen LogP contribution is -2.22. The molecule has 0 aromatic heterocycles. The van der Waals surface area contributed by atoms with E-state index in [9.17, 15) is 13.2 Å². The zero-order valence-corrected chi connectivity index (χ0v) is 10.2. The molecule has 1 heterocycles. The summed E-state index contributed by atoms with van der Waals surface area (Å²) in [6.45, 7) is 9.41. The van der Waals surface area contributed by atoms with E-state index in [-0.39, 0.29) is 0 Å². The van der Waals surface area contributed by atoms with Gasteiger partial charge in [-0.1, -0.05) is 19.1 Å². The highest BCUT2D eigenvalue weighted by atomic mass is 19.4. The van der Waals surface area contributed by atoms with Crippen LogP contribution in [0.15, 0.2) is 47.5 Å². The molecule has 17 heavy (non-hydrogen) atoms. The van der Waals surface area contributed by atoms with E-state index in [1.807, 2.05) is 13.8 Å². The van der Waals surface area contributed by atoms with Crippen molar-refractivity contribution in [1.82, 2.24) is 4.90 Å². The Morgan fingerprint density at radius 3 is 2.35 bits per heavy atom. The van der Waals surface area contributed by atoms with Gasteiger partial charge in [0.1, 0.15) is 0 Å². The molecule has 0 saturated heterocycles. The van der Waals surface area contributed by atoms with Crippen molar-refractivity contribution in [3.8, 4) is 0 Å². The monoisotopic (exact) mass is 243 g/mol. The van der Waals surface area contributed by atoms with Gasteiger partial charge in [-0.05, 0) is 32.4 Å². The van der Waals surface area contributed by atoms with Crippen LogP contribution in [0.25, 0.3) is 0 Å². The topological polar surface area (TPSA) is 3.24 Å². The van der Waals surface area contributed by atoms with Crippen LogP contribution in [-0.2, 0) is 0 Å². The molecule has 0 radical (unpaired) electrons. The van der Waals surface area contributed by atoms with E-state index in [0.717, 1.165) is 30.0 Å². The molecule has 0 spiro atoms. The summed E-state index contributed by atoms with van der Waals surface area (Å²) in [6.07, 6.45) is 0.00382. The average molecular weight is 243 g/mol. The lowest BCUT2D eigenvalue weighted by atomic mass is 10.1. The van der Waals surface area contributed by atoms with Crippen molar-refractivity contribution in [3.63, 3.8) is 0 Å². The van der Waals surface area contributed by atoms with E-state index in [4.69, 9.17) is 0 Å². The van der Waals surface area contributed by atoms with E-state index in [1.165, 1.54) is 11.0 Å². The molecule has 1 aliphatic heterocycles. The molecule has 0 amide bonds. The Labute approximate surface area is 99.6 Å². The quantitative estimate of drug-likeness (QED) is 0.689. The maximum atomic E-state index is 12.6. The second kappa shape index (κ2) is 4.82. The fraction of sp³-hybridized carbons (Fsp3) is 0.385. The van der Waals surface area contributed by atoms with Gasteiger partial charge in [0.15, 0.2) is 0 Å². The van der Waals surface area contributed by atoms with Crippen molar-refractivity contribution < 1.29 is 13.2 Å². The molecule has 1 aliphatic rings. The summed E-state index contributed by atoms with van der Waals surface area (Å²) in [5, 5.41) is 0. The first-order valence-electron chi connectivity index (χ1n) is 5.39. The highest BCUT2D eigenvalue weighted by Gasteiger charge is 2.34. The summed E-state index contributed by atoms with van der Waals surface area (Å²) >= 11 is 0. The summed E-state index contributed by atoms with van der Waals surface area (Å²) in [5.41, 5.74) is 1.72. The van der Waals surface area contributed by atoms with Crippen LogP contribution in [-0.4, -0.2) is 11.1 Å². The number of halogens is 3. The minimum absolute atomic E-state index is 0.545. The molecule has 4 heteroatoms. The zero-order valence-electron chi connectivity index (χ0n) is 10.2. The highest BCUT2D eigenvalue weighted by Crippen LogP contribution is 2.32. The smallest absolute Gasteiger partial charge is 0.321 e. The van der Waals surface area contributed by atoms with Gasteiger partial charge in [0.05, 0.1) is 5.57 Å². The normalized spacial score (nSPS) is 18.1. The molecule has 0 bridgehead atoms. The predicted octanol–water partition coefficient (Wildman–Crippen LogP) is 4.52. The molecule has 0 fully saturated rings. The van der Waals surface area contributed by atoms with Gasteiger partial charge >= 0.3 is 6.18 Å². The molecule has 0 aliphatic carbocycles. The van der Waals surface area contributed by atoms with Gasteiger partial charge in [0.25, 0.3) is 0 Å². The minimum Gasteiger partial charge on any atom is -0.321 e. The Morgan fingerprint density at radius 2 is 1.88 bits per heavy atom. The fourth-order valence-electron chi connectivity index (χ4n) is 1.47. The molecular formula is C13H16F3N. The first kappa shape index (κ1) is 13.6. The summed E-state index contributed by atoms with van der Waals surface area (Å²) in [4.78, 5) is 1.49. The lowest BCUT2D eigenvalue weighted by molar-refractivity contribution is -0.0892. The van der Waals surface area contributed by atoms with Crippen LogP contribution >= 0.6 is 0 Å². The van der Waals surface area contributed by atoms with Gasteiger partial charge < -0.3 is 4.90 Å². The largest absolute Gasteiger partial charge is 0.417 e. The van der Waals surface area contributed by atoms with Crippen molar-refractivity contribution in [2.75, 3.05) is 0 Å². The van der Waals surface area contributed by atoms with E-state index in [2.05, 4.69) is 6.58 Å². The fourth-order valence-corrected chi connectivity index (χ4v) is 1.47. The van der Waals surface area contributed by atoms with Crippen LogP contribution < -0.4 is 0 Å². The van der Waals surface area contributed by atoms with Gasteiger partial charge in [0.2, 0.25) is 0 Å². The first-order valence-corrected chi connectivity index (χ1v) is 5.39. The maximum Gasteiger partial charge on any atom is 0.417 e. The maximum absolute atomic E-state index is 12.6. The number of alkyl halides is 3. The third-order valence-corrected chi connectivity index (χ3v) is 2.87. The third kappa shape index (κ3) is 3.02. The van der Waals surface area contributed by atoms with Gasteiger partial charge in [-0.25, -0.2) is 0 Å². The molecule has 0 unspecified atom stereocenters. The van der Waals surface area contributed by atoms with E-state index in [0.29, 0.717) is 5.70 Å². The molecule has 0 aromatic rings. The third-order valence-electron chi connectivity index (χ3n) is 2.87. The summed E-state index contributed by atoms with van der Waals surface area (Å²) < 4.78 is 37.8. The van der Waals surface area contributed by atoms with Gasteiger partial charge in [-0.2, -0.15) is 13.2 Å². The zero-order chi connectivity index (χ0) is 13.2. The number of allylic oxidation sites excluding steroid dienone is 5. The van der Waals surface area contributed by atoms with Crippen LogP contribution in [0.5, 0.6) is 0 Å². The van der Waals surface area contributed by atoms with Crippen molar-refractivity contribution in [2.24, 2.45) is 0 Å². The van der Waals surface area contributed by atoms with Crippen LogP contribution in [0.2, 0.25) is 0 Å². The van der Waals surface area contributed by atoms with E-state index < -0.39 is 11.7 Å². The van der Waals surface area contributed by atoms with Crippen molar-refractivity contribution >= 4 is 0 Å². The Balaban J connectivity index is 3.13.